The van der Waals surface area contributed by atoms with E-state index in [2.05, 4.69) is 28.5 Å². The minimum atomic E-state index is 0. The monoisotopic (exact) mass is 285 g/mol. The number of hydrogen-bond donors (Lipinski definition) is 1. The summed E-state index contributed by atoms with van der Waals surface area (Å²) in [4.78, 5) is 3.45. The van der Waals surface area contributed by atoms with E-state index in [1.807, 2.05) is 17.5 Å². The van der Waals surface area contributed by atoms with Crippen LogP contribution in [0, 0.1) is 0 Å². The van der Waals surface area contributed by atoms with Crippen LogP contribution in [0.1, 0.15) is 5.69 Å². The number of rotatable bonds is 4. The molecule has 3 rings (SSSR count). The minimum absolute atomic E-state index is 0. The Labute approximate surface area is 116 Å². The van der Waals surface area contributed by atoms with Crippen molar-refractivity contribution in [1.29, 1.82) is 0 Å². The Balaban J connectivity index is 0.00000120. The number of nitrogens with zero attached hydrogens (tertiary/aromatic N) is 2. The molecule has 0 radical (unpaired) electrons. The van der Waals surface area contributed by atoms with Crippen molar-refractivity contribution in [2.45, 2.75) is 12.6 Å². The summed E-state index contributed by atoms with van der Waals surface area (Å²) >= 11 is 1.67. The number of aromatic nitrogens is 1. The molecule has 0 aromatic carbocycles. The zero-order valence-corrected chi connectivity index (χ0v) is 11.8. The van der Waals surface area contributed by atoms with Gasteiger partial charge in [0, 0.05) is 31.7 Å². The Kier molecular flexibility index (Phi) is 4.40. The summed E-state index contributed by atoms with van der Waals surface area (Å²) in [7, 11) is 2.13. The van der Waals surface area contributed by atoms with Gasteiger partial charge in [-0.2, -0.15) is 0 Å². The molecule has 0 bridgehead atoms. The fourth-order valence-corrected chi connectivity index (χ4v) is 2.56. The second-order valence-corrected chi connectivity index (χ2v) is 5.33. The van der Waals surface area contributed by atoms with E-state index in [1.54, 1.807) is 11.3 Å². The number of nitrogens with one attached hydrogen (secondary N) is 1. The van der Waals surface area contributed by atoms with Crippen LogP contribution < -0.4 is 5.32 Å². The van der Waals surface area contributed by atoms with Gasteiger partial charge in [-0.25, -0.2) is 0 Å². The first-order chi connectivity index (χ1) is 8.33. The lowest BCUT2D eigenvalue weighted by atomic mass is 10.1. The van der Waals surface area contributed by atoms with E-state index in [0.717, 1.165) is 36.0 Å². The first-order valence-electron chi connectivity index (χ1n) is 5.73. The third kappa shape index (κ3) is 2.75. The molecule has 3 heterocycles. The van der Waals surface area contributed by atoms with Gasteiger partial charge in [0.15, 0.2) is 5.76 Å². The molecule has 1 fully saturated rings. The van der Waals surface area contributed by atoms with E-state index in [-0.39, 0.29) is 12.4 Å². The first kappa shape index (κ1) is 13.5. The molecule has 0 saturated carbocycles. The molecular formula is C12H16ClN3OS. The molecule has 0 spiro atoms. The van der Waals surface area contributed by atoms with Gasteiger partial charge in [0.05, 0.1) is 10.6 Å². The molecule has 0 unspecified atom stereocenters. The number of likely N-dealkylation sites (N-methyl/N-ethyl adjacent to an activating group) is 1. The van der Waals surface area contributed by atoms with Gasteiger partial charge in [-0.1, -0.05) is 11.2 Å². The van der Waals surface area contributed by atoms with E-state index in [4.69, 9.17) is 4.52 Å². The van der Waals surface area contributed by atoms with Crippen LogP contribution in [0.25, 0.3) is 10.6 Å². The predicted octanol–water partition coefficient (Wildman–Crippen LogP) is 2.23. The minimum Gasteiger partial charge on any atom is -0.355 e. The highest BCUT2D eigenvalue weighted by molar-refractivity contribution is 7.13. The van der Waals surface area contributed by atoms with E-state index in [0.29, 0.717) is 6.04 Å². The van der Waals surface area contributed by atoms with Gasteiger partial charge in [0.1, 0.15) is 0 Å². The number of thiophene rings is 1. The second-order valence-electron chi connectivity index (χ2n) is 4.39. The Hall–Kier alpha value is -0.880. The lowest BCUT2D eigenvalue weighted by Crippen LogP contribution is -2.55. The Morgan fingerprint density at radius 3 is 3.00 bits per heavy atom. The summed E-state index contributed by atoms with van der Waals surface area (Å²) in [5.74, 6) is 0.870. The fourth-order valence-electron chi connectivity index (χ4n) is 1.89. The molecule has 0 atom stereocenters. The normalized spacial score (nSPS) is 15.4. The van der Waals surface area contributed by atoms with Crippen LogP contribution in [-0.2, 0) is 6.54 Å². The van der Waals surface area contributed by atoms with Crippen molar-refractivity contribution in [1.82, 2.24) is 15.4 Å². The van der Waals surface area contributed by atoms with Gasteiger partial charge in [-0.3, -0.25) is 4.90 Å². The molecular weight excluding hydrogens is 270 g/mol. The van der Waals surface area contributed by atoms with Crippen LogP contribution in [0.15, 0.2) is 28.1 Å². The summed E-state index contributed by atoms with van der Waals surface area (Å²) in [5.41, 5.74) is 1.00. The quantitative estimate of drug-likeness (QED) is 0.935. The van der Waals surface area contributed by atoms with Gasteiger partial charge < -0.3 is 9.84 Å². The Morgan fingerprint density at radius 2 is 2.39 bits per heavy atom. The molecule has 1 aliphatic rings. The number of halogens is 1. The SMILES string of the molecule is CN(Cc1cc(-c2cccs2)on1)C1CNC1.Cl. The largest absolute Gasteiger partial charge is 0.355 e. The van der Waals surface area contributed by atoms with Crippen molar-refractivity contribution < 1.29 is 4.52 Å². The van der Waals surface area contributed by atoms with Crippen molar-refractivity contribution in [3.63, 3.8) is 0 Å². The van der Waals surface area contributed by atoms with Crippen molar-refractivity contribution >= 4 is 23.7 Å². The van der Waals surface area contributed by atoms with Crippen LogP contribution in [0.3, 0.4) is 0 Å². The fraction of sp³-hybridized carbons (Fsp3) is 0.417. The van der Waals surface area contributed by atoms with Crippen molar-refractivity contribution in [3.8, 4) is 10.6 Å². The maximum Gasteiger partial charge on any atom is 0.177 e. The zero-order valence-electron chi connectivity index (χ0n) is 10.1. The summed E-state index contributed by atoms with van der Waals surface area (Å²) < 4.78 is 5.36. The standard InChI is InChI=1S/C12H15N3OS.ClH/c1-15(10-6-13-7-10)8-9-5-11(16-14-9)12-3-2-4-17-12;/h2-5,10,13H,6-8H2,1H3;1H. The van der Waals surface area contributed by atoms with Crippen LogP contribution in [0.2, 0.25) is 0 Å². The first-order valence-corrected chi connectivity index (χ1v) is 6.61. The van der Waals surface area contributed by atoms with Crippen molar-refractivity contribution in [3.05, 3.63) is 29.3 Å². The molecule has 1 N–H and O–H groups in total. The molecule has 98 valence electrons. The van der Waals surface area contributed by atoms with Crippen LogP contribution in [-0.4, -0.2) is 36.2 Å². The highest BCUT2D eigenvalue weighted by atomic mass is 35.5. The molecule has 18 heavy (non-hydrogen) atoms. The zero-order chi connectivity index (χ0) is 11.7. The smallest absolute Gasteiger partial charge is 0.177 e. The van der Waals surface area contributed by atoms with E-state index in [1.165, 1.54) is 0 Å². The van der Waals surface area contributed by atoms with Gasteiger partial charge in [0.25, 0.3) is 0 Å². The van der Waals surface area contributed by atoms with Gasteiger partial charge in [-0.05, 0) is 18.5 Å². The third-order valence-electron chi connectivity index (χ3n) is 3.12. The van der Waals surface area contributed by atoms with Crippen molar-refractivity contribution in [2.24, 2.45) is 0 Å². The van der Waals surface area contributed by atoms with Crippen LogP contribution in [0.5, 0.6) is 0 Å². The van der Waals surface area contributed by atoms with Gasteiger partial charge in [0.2, 0.25) is 0 Å². The maximum atomic E-state index is 5.36. The van der Waals surface area contributed by atoms with E-state index >= 15 is 0 Å². The molecule has 4 nitrogen and oxygen atoms in total. The summed E-state index contributed by atoms with van der Waals surface area (Å²) in [6.45, 7) is 3.00. The molecule has 2 aromatic rings. The molecule has 2 aromatic heterocycles. The van der Waals surface area contributed by atoms with E-state index < -0.39 is 0 Å². The van der Waals surface area contributed by atoms with Crippen LogP contribution >= 0.6 is 23.7 Å². The highest BCUT2D eigenvalue weighted by Gasteiger charge is 2.22. The molecule has 6 heteroatoms. The summed E-state index contributed by atoms with van der Waals surface area (Å²) in [5, 5.41) is 9.44. The maximum absolute atomic E-state index is 5.36. The lowest BCUT2D eigenvalue weighted by Gasteiger charge is -2.35. The molecule has 1 saturated heterocycles. The topological polar surface area (TPSA) is 41.3 Å². The Morgan fingerprint density at radius 1 is 1.56 bits per heavy atom. The summed E-state index contributed by atoms with van der Waals surface area (Å²) in [6, 6.07) is 6.74. The lowest BCUT2D eigenvalue weighted by molar-refractivity contribution is 0.169. The van der Waals surface area contributed by atoms with Gasteiger partial charge in [-0.15, -0.1) is 23.7 Å². The predicted molar refractivity (Wildman–Crippen MR) is 75.2 cm³/mol. The molecule has 1 aliphatic heterocycles. The van der Waals surface area contributed by atoms with E-state index in [9.17, 15) is 0 Å². The molecule has 0 amide bonds. The average molecular weight is 286 g/mol. The summed E-state index contributed by atoms with van der Waals surface area (Å²) in [6.07, 6.45) is 0. The molecule has 0 aliphatic carbocycles. The van der Waals surface area contributed by atoms with Crippen molar-refractivity contribution in [2.75, 3.05) is 20.1 Å². The highest BCUT2D eigenvalue weighted by Crippen LogP contribution is 2.25. The average Bonchev–Trinajstić information content (AvgIpc) is 2.82. The van der Waals surface area contributed by atoms with Gasteiger partial charge >= 0.3 is 0 Å². The second kappa shape index (κ2) is 5.84. The third-order valence-corrected chi connectivity index (χ3v) is 4.00. The Bertz CT molecular complexity index is 481. The van der Waals surface area contributed by atoms with Crippen LogP contribution in [0.4, 0.5) is 0 Å². The number of hydrogen-bond acceptors (Lipinski definition) is 5.